The number of carboxylic acid groups (broad SMARTS) is 1. The summed E-state index contributed by atoms with van der Waals surface area (Å²) in [6.07, 6.45) is 3.27. The minimum atomic E-state index is -0.736. The zero-order chi connectivity index (χ0) is 15.1. The maximum atomic E-state index is 11.1. The van der Waals surface area contributed by atoms with Crippen molar-refractivity contribution in [3.05, 3.63) is 30.2 Å². The van der Waals surface area contributed by atoms with Gasteiger partial charge in [-0.2, -0.15) is 0 Å². The lowest BCUT2D eigenvalue weighted by Gasteiger charge is -2.19. The third-order valence-electron chi connectivity index (χ3n) is 4.18. The highest BCUT2D eigenvalue weighted by atomic mass is 16.6. The van der Waals surface area contributed by atoms with E-state index in [4.69, 9.17) is 14.6 Å². The summed E-state index contributed by atoms with van der Waals surface area (Å²) in [5, 5.41) is 9.16. The topological polar surface area (TPSA) is 73.6 Å². The summed E-state index contributed by atoms with van der Waals surface area (Å²) in [4.78, 5) is 15.8. The molecule has 0 aliphatic carbocycles. The van der Waals surface area contributed by atoms with Gasteiger partial charge in [-0.05, 0) is 24.6 Å². The number of rotatable bonds is 2. The predicted molar refractivity (Wildman–Crippen MR) is 78.1 cm³/mol. The van der Waals surface area contributed by atoms with Crippen LogP contribution in [-0.2, 0) is 17.8 Å². The van der Waals surface area contributed by atoms with Gasteiger partial charge in [0.05, 0.1) is 11.6 Å². The van der Waals surface area contributed by atoms with Gasteiger partial charge in [-0.15, -0.1) is 0 Å². The second-order valence-corrected chi connectivity index (χ2v) is 5.63. The van der Waals surface area contributed by atoms with Crippen molar-refractivity contribution in [1.29, 1.82) is 0 Å². The van der Waals surface area contributed by atoms with Crippen LogP contribution in [0.3, 0.4) is 0 Å². The number of ether oxygens (including phenoxy) is 2. The quantitative estimate of drug-likeness (QED) is 0.918. The van der Waals surface area contributed by atoms with Crippen LogP contribution in [0.15, 0.2) is 24.4 Å². The molecule has 1 aromatic heterocycles. The zero-order valence-electron chi connectivity index (χ0n) is 12.0. The van der Waals surface area contributed by atoms with Crippen LogP contribution in [0.1, 0.15) is 12.2 Å². The van der Waals surface area contributed by atoms with E-state index >= 15 is 0 Å². The number of carboxylic acids is 1. The minimum absolute atomic E-state index is 0.324. The molecule has 114 valence electrons. The molecule has 6 nitrogen and oxygen atoms in total. The highest BCUT2D eigenvalue weighted by molar-refractivity contribution is 5.70. The maximum absolute atomic E-state index is 11.1. The fourth-order valence-electron chi connectivity index (χ4n) is 2.99. The third-order valence-corrected chi connectivity index (χ3v) is 4.18. The number of hydrogen-bond donors (Lipinski definition) is 1. The molecule has 2 aliphatic heterocycles. The van der Waals surface area contributed by atoms with Gasteiger partial charge in [0.1, 0.15) is 19.0 Å². The Morgan fingerprint density at radius 2 is 2.09 bits per heavy atom. The SMILES string of the molecule is O=C(O)C1CCc2nc(-c3ccc4c(c3)OCCO4)cn2C1. The van der Waals surface area contributed by atoms with Crippen LogP contribution in [0.25, 0.3) is 11.3 Å². The van der Waals surface area contributed by atoms with Gasteiger partial charge in [0.2, 0.25) is 0 Å². The highest BCUT2D eigenvalue weighted by Gasteiger charge is 2.25. The smallest absolute Gasteiger partial charge is 0.308 e. The third kappa shape index (κ3) is 2.20. The zero-order valence-corrected chi connectivity index (χ0v) is 12.0. The number of nitrogens with zero attached hydrogens (tertiary/aromatic N) is 2. The van der Waals surface area contributed by atoms with E-state index in [1.165, 1.54) is 0 Å². The Bertz CT molecular complexity index is 738. The summed E-state index contributed by atoms with van der Waals surface area (Å²) in [6, 6.07) is 5.77. The van der Waals surface area contributed by atoms with E-state index < -0.39 is 5.97 Å². The molecule has 0 saturated carbocycles. The maximum Gasteiger partial charge on any atom is 0.308 e. The molecule has 4 rings (SSSR count). The van der Waals surface area contributed by atoms with Gasteiger partial charge in [-0.1, -0.05) is 0 Å². The molecule has 2 aromatic rings. The number of aromatic nitrogens is 2. The van der Waals surface area contributed by atoms with Gasteiger partial charge in [-0.3, -0.25) is 4.79 Å². The van der Waals surface area contributed by atoms with Crippen LogP contribution in [0, 0.1) is 5.92 Å². The molecule has 3 heterocycles. The lowest BCUT2D eigenvalue weighted by Crippen LogP contribution is -2.26. The second-order valence-electron chi connectivity index (χ2n) is 5.63. The fraction of sp³-hybridized carbons (Fsp3) is 0.375. The number of fused-ring (bicyclic) bond motifs is 2. The van der Waals surface area contributed by atoms with Crippen LogP contribution >= 0.6 is 0 Å². The number of imidazole rings is 1. The van der Waals surface area contributed by atoms with E-state index in [1.807, 2.05) is 29.0 Å². The summed E-state index contributed by atoms with van der Waals surface area (Å²) in [7, 11) is 0. The highest BCUT2D eigenvalue weighted by Crippen LogP contribution is 2.34. The standard InChI is InChI=1S/C16H16N2O4/c19-16(20)11-2-4-15-17-12(9-18(15)8-11)10-1-3-13-14(7-10)22-6-5-21-13/h1,3,7,9,11H,2,4-6,8H2,(H,19,20). The average Bonchev–Trinajstić information content (AvgIpc) is 2.97. The van der Waals surface area contributed by atoms with Crippen LogP contribution in [-0.4, -0.2) is 33.8 Å². The molecule has 6 heteroatoms. The van der Waals surface area contributed by atoms with Crippen molar-refractivity contribution >= 4 is 5.97 Å². The first-order valence-corrected chi connectivity index (χ1v) is 7.39. The first kappa shape index (κ1) is 13.2. The van der Waals surface area contributed by atoms with Crippen molar-refractivity contribution in [3.8, 4) is 22.8 Å². The summed E-state index contributed by atoms with van der Waals surface area (Å²) in [5.41, 5.74) is 1.80. The Labute approximate surface area is 127 Å². The molecule has 1 N–H and O–H groups in total. The Morgan fingerprint density at radius 3 is 2.91 bits per heavy atom. The first-order chi connectivity index (χ1) is 10.7. The number of benzene rings is 1. The summed E-state index contributed by atoms with van der Waals surface area (Å²) < 4.78 is 13.1. The Balaban J connectivity index is 1.66. The van der Waals surface area contributed by atoms with E-state index in [1.54, 1.807) is 0 Å². The van der Waals surface area contributed by atoms with Crippen molar-refractivity contribution in [2.45, 2.75) is 19.4 Å². The van der Waals surface area contributed by atoms with Crippen LogP contribution in [0.2, 0.25) is 0 Å². The molecule has 0 bridgehead atoms. The Kier molecular flexibility index (Phi) is 3.03. The van der Waals surface area contributed by atoms with Gasteiger partial charge >= 0.3 is 5.97 Å². The first-order valence-electron chi connectivity index (χ1n) is 7.39. The fourth-order valence-corrected chi connectivity index (χ4v) is 2.99. The van der Waals surface area contributed by atoms with E-state index in [0.29, 0.717) is 32.6 Å². The van der Waals surface area contributed by atoms with E-state index in [9.17, 15) is 4.79 Å². The van der Waals surface area contributed by atoms with E-state index in [-0.39, 0.29) is 5.92 Å². The van der Waals surface area contributed by atoms with Crippen molar-refractivity contribution in [3.63, 3.8) is 0 Å². The van der Waals surface area contributed by atoms with Gasteiger partial charge in [0.25, 0.3) is 0 Å². The monoisotopic (exact) mass is 300 g/mol. The lowest BCUT2D eigenvalue weighted by atomic mass is 10.00. The molecule has 1 aromatic carbocycles. The molecule has 0 amide bonds. The Hall–Kier alpha value is -2.50. The molecule has 2 aliphatic rings. The van der Waals surface area contributed by atoms with E-state index in [2.05, 4.69) is 4.98 Å². The van der Waals surface area contributed by atoms with Crippen molar-refractivity contribution < 1.29 is 19.4 Å². The molecule has 0 fully saturated rings. The molecule has 1 unspecified atom stereocenters. The predicted octanol–water partition coefficient (Wildman–Crippen LogP) is 1.97. The number of carbonyl (C=O) groups is 1. The second kappa shape index (κ2) is 5.05. The summed E-state index contributed by atoms with van der Waals surface area (Å²) in [5.74, 6) is 1.38. The normalized spacial score (nSPS) is 19.5. The molecular formula is C16H16N2O4. The Morgan fingerprint density at radius 1 is 1.27 bits per heavy atom. The minimum Gasteiger partial charge on any atom is -0.486 e. The van der Waals surface area contributed by atoms with Crippen LogP contribution in [0.4, 0.5) is 0 Å². The van der Waals surface area contributed by atoms with Gasteiger partial charge in [0.15, 0.2) is 11.5 Å². The molecule has 0 spiro atoms. The van der Waals surface area contributed by atoms with Crippen molar-refractivity contribution in [2.75, 3.05) is 13.2 Å². The molecular weight excluding hydrogens is 284 g/mol. The van der Waals surface area contributed by atoms with Crippen molar-refractivity contribution in [2.24, 2.45) is 5.92 Å². The van der Waals surface area contributed by atoms with E-state index in [0.717, 1.165) is 28.6 Å². The molecule has 1 atom stereocenters. The molecule has 22 heavy (non-hydrogen) atoms. The molecule has 0 saturated heterocycles. The number of aryl methyl sites for hydroxylation is 1. The molecule has 0 radical (unpaired) electrons. The van der Waals surface area contributed by atoms with Crippen LogP contribution in [0.5, 0.6) is 11.5 Å². The average molecular weight is 300 g/mol. The van der Waals surface area contributed by atoms with Gasteiger partial charge < -0.3 is 19.1 Å². The van der Waals surface area contributed by atoms with Crippen molar-refractivity contribution in [1.82, 2.24) is 9.55 Å². The summed E-state index contributed by atoms with van der Waals surface area (Å²) >= 11 is 0. The van der Waals surface area contributed by atoms with Crippen LogP contribution < -0.4 is 9.47 Å². The van der Waals surface area contributed by atoms with Gasteiger partial charge in [0, 0.05) is 24.7 Å². The largest absolute Gasteiger partial charge is 0.486 e. The number of hydrogen-bond acceptors (Lipinski definition) is 4. The lowest BCUT2D eigenvalue weighted by molar-refractivity contribution is -0.142. The summed E-state index contributed by atoms with van der Waals surface area (Å²) in [6.45, 7) is 1.61. The van der Waals surface area contributed by atoms with Gasteiger partial charge in [-0.25, -0.2) is 4.98 Å². The number of aliphatic carboxylic acids is 1.